The molecule has 0 radical (unpaired) electrons. The highest BCUT2D eigenvalue weighted by Gasteiger charge is 2.24. The molecule has 7 nitrogen and oxygen atoms in total. The maximum absolute atomic E-state index is 12.5. The van der Waals surface area contributed by atoms with E-state index in [9.17, 15) is 9.59 Å². The first-order chi connectivity index (χ1) is 13.2. The molecule has 2 heterocycles. The third-order valence-electron chi connectivity index (χ3n) is 4.88. The van der Waals surface area contributed by atoms with Crippen LogP contribution in [0.1, 0.15) is 38.2 Å². The molecule has 7 heteroatoms. The van der Waals surface area contributed by atoms with Crippen LogP contribution in [0.15, 0.2) is 42.7 Å². The van der Waals surface area contributed by atoms with E-state index in [0.717, 1.165) is 31.4 Å². The van der Waals surface area contributed by atoms with E-state index < -0.39 is 0 Å². The summed E-state index contributed by atoms with van der Waals surface area (Å²) in [5.41, 5.74) is 1.66. The summed E-state index contributed by atoms with van der Waals surface area (Å²) in [6.07, 6.45) is 7.73. The van der Waals surface area contributed by atoms with Crippen LogP contribution in [0.5, 0.6) is 0 Å². The quantitative estimate of drug-likeness (QED) is 0.821. The van der Waals surface area contributed by atoms with Crippen molar-refractivity contribution in [2.75, 3.05) is 11.9 Å². The van der Waals surface area contributed by atoms with Gasteiger partial charge in [-0.05, 0) is 49.4 Å². The van der Waals surface area contributed by atoms with Crippen molar-refractivity contribution in [2.24, 2.45) is 0 Å². The van der Waals surface area contributed by atoms with E-state index in [1.165, 1.54) is 6.42 Å². The molecule has 1 aliphatic rings. The Morgan fingerprint density at radius 1 is 1.26 bits per heavy atom. The number of nitrogens with zero attached hydrogens (tertiary/aromatic N) is 3. The van der Waals surface area contributed by atoms with Crippen molar-refractivity contribution in [3.8, 4) is 0 Å². The third-order valence-corrected chi connectivity index (χ3v) is 4.88. The molecule has 0 spiro atoms. The van der Waals surface area contributed by atoms with Crippen molar-refractivity contribution in [1.29, 1.82) is 0 Å². The fourth-order valence-electron chi connectivity index (χ4n) is 3.47. The fraction of sp³-hybridized carbons (Fsp3) is 0.450. The molecule has 1 atom stereocenters. The molecule has 1 aromatic carbocycles. The number of likely N-dealkylation sites (tertiary alicyclic amines) is 1. The highest BCUT2D eigenvalue weighted by molar-refractivity contribution is 5.90. The van der Waals surface area contributed by atoms with E-state index in [-0.39, 0.29) is 18.5 Å². The number of rotatable bonds is 6. The second-order valence-electron chi connectivity index (χ2n) is 6.86. The molecule has 2 aromatic rings. The highest BCUT2D eigenvalue weighted by Crippen LogP contribution is 2.19. The lowest BCUT2D eigenvalue weighted by Crippen LogP contribution is -2.48. The summed E-state index contributed by atoms with van der Waals surface area (Å²) in [5, 5.41) is 9.90. The largest absolute Gasteiger partial charge is 0.334 e. The number of aromatic nitrogens is 2. The number of carbonyl (C=O) groups is 2. The number of piperidine rings is 1. The van der Waals surface area contributed by atoms with E-state index in [4.69, 9.17) is 0 Å². The number of hydrogen-bond acceptors (Lipinski definition) is 3. The summed E-state index contributed by atoms with van der Waals surface area (Å²) in [7, 11) is 0. The number of nitrogens with one attached hydrogen (secondary N) is 2. The zero-order valence-electron chi connectivity index (χ0n) is 15.7. The van der Waals surface area contributed by atoms with Crippen molar-refractivity contribution >= 4 is 17.6 Å². The molecular weight excluding hydrogens is 342 g/mol. The average molecular weight is 369 g/mol. The van der Waals surface area contributed by atoms with Crippen LogP contribution in [-0.4, -0.2) is 39.2 Å². The minimum atomic E-state index is -0.140. The molecule has 0 aliphatic carbocycles. The summed E-state index contributed by atoms with van der Waals surface area (Å²) in [6.45, 7) is 3.56. The van der Waals surface area contributed by atoms with E-state index in [0.29, 0.717) is 18.3 Å². The summed E-state index contributed by atoms with van der Waals surface area (Å²) in [4.78, 5) is 26.6. The standard InChI is InChI=1S/C20H27N5O2/c1-2-18-9-3-4-12-25(18)20(27)21-14-16-7-5-8-17(13-16)23-19(26)15-24-11-6-10-22-24/h5-8,10-11,13,18H,2-4,9,12,14-15H2,1H3,(H,21,27)(H,23,26). The van der Waals surface area contributed by atoms with Crippen molar-refractivity contribution < 1.29 is 9.59 Å². The predicted octanol–water partition coefficient (Wildman–Crippen LogP) is 3.00. The number of urea groups is 1. The minimum Gasteiger partial charge on any atom is -0.334 e. The second kappa shape index (κ2) is 9.21. The Balaban J connectivity index is 1.52. The van der Waals surface area contributed by atoms with Gasteiger partial charge in [-0.15, -0.1) is 0 Å². The molecule has 0 bridgehead atoms. The van der Waals surface area contributed by atoms with Gasteiger partial charge in [-0.25, -0.2) is 4.79 Å². The van der Waals surface area contributed by atoms with Crippen LogP contribution >= 0.6 is 0 Å². The Morgan fingerprint density at radius 3 is 2.93 bits per heavy atom. The van der Waals surface area contributed by atoms with Crippen molar-refractivity contribution in [3.63, 3.8) is 0 Å². The fourth-order valence-corrected chi connectivity index (χ4v) is 3.47. The van der Waals surface area contributed by atoms with Gasteiger partial charge in [0.15, 0.2) is 0 Å². The van der Waals surface area contributed by atoms with Crippen molar-refractivity contribution in [1.82, 2.24) is 20.0 Å². The SMILES string of the molecule is CCC1CCCCN1C(=O)NCc1cccc(NC(=O)Cn2cccn2)c1. The normalized spacial score (nSPS) is 16.8. The first-order valence-corrected chi connectivity index (χ1v) is 9.56. The maximum Gasteiger partial charge on any atom is 0.317 e. The molecule has 144 valence electrons. The van der Waals surface area contributed by atoms with Gasteiger partial charge in [0.2, 0.25) is 5.91 Å². The van der Waals surface area contributed by atoms with Crippen molar-refractivity contribution in [3.05, 3.63) is 48.3 Å². The van der Waals surface area contributed by atoms with Gasteiger partial charge in [-0.2, -0.15) is 5.10 Å². The predicted molar refractivity (Wildman–Crippen MR) is 104 cm³/mol. The zero-order valence-corrected chi connectivity index (χ0v) is 15.7. The molecule has 3 amide bonds. The van der Waals surface area contributed by atoms with Crippen LogP contribution in [0.2, 0.25) is 0 Å². The van der Waals surface area contributed by atoms with E-state index in [2.05, 4.69) is 22.7 Å². The number of benzene rings is 1. The Kier molecular flexibility index (Phi) is 6.46. The van der Waals surface area contributed by atoms with Gasteiger partial charge in [0.05, 0.1) is 0 Å². The third kappa shape index (κ3) is 5.32. The molecule has 3 rings (SSSR count). The van der Waals surface area contributed by atoms with Gasteiger partial charge in [0.1, 0.15) is 6.54 Å². The summed E-state index contributed by atoms with van der Waals surface area (Å²) >= 11 is 0. The summed E-state index contributed by atoms with van der Waals surface area (Å²) < 4.78 is 1.57. The molecule has 1 aliphatic heterocycles. The molecule has 1 saturated heterocycles. The van der Waals surface area contributed by atoms with Crippen LogP contribution in [0.3, 0.4) is 0 Å². The van der Waals surface area contributed by atoms with Gasteiger partial charge < -0.3 is 15.5 Å². The van der Waals surface area contributed by atoms with Gasteiger partial charge in [-0.1, -0.05) is 19.1 Å². The average Bonchev–Trinajstić information content (AvgIpc) is 3.19. The number of anilines is 1. The molecule has 1 unspecified atom stereocenters. The Labute approximate surface area is 159 Å². The number of carbonyl (C=O) groups excluding carboxylic acids is 2. The first-order valence-electron chi connectivity index (χ1n) is 9.56. The Hall–Kier alpha value is -2.83. The van der Waals surface area contributed by atoms with Crippen LogP contribution < -0.4 is 10.6 Å². The first kappa shape index (κ1) is 18.9. The maximum atomic E-state index is 12.5. The lowest BCUT2D eigenvalue weighted by atomic mass is 10.0. The van der Waals surface area contributed by atoms with Crippen LogP contribution in [0.4, 0.5) is 10.5 Å². The van der Waals surface area contributed by atoms with Crippen LogP contribution in [0.25, 0.3) is 0 Å². The topological polar surface area (TPSA) is 79.3 Å². The molecular formula is C20H27N5O2. The summed E-state index contributed by atoms with van der Waals surface area (Å²) in [6, 6.07) is 9.65. The molecule has 1 fully saturated rings. The zero-order chi connectivity index (χ0) is 19.1. The minimum absolute atomic E-state index is 0.00493. The lowest BCUT2D eigenvalue weighted by molar-refractivity contribution is -0.116. The van der Waals surface area contributed by atoms with Crippen molar-refractivity contribution in [2.45, 2.75) is 51.7 Å². The molecule has 1 aromatic heterocycles. The second-order valence-corrected chi connectivity index (χ2v) is 6.86. The van der Waals surface area contributed by atoms with E-state index in [1.54, 1.807) is 23.1 Å². The van der Waals surface area contributed by atoms with E-state index >= 15 is 0 Å². The van der Waals surface area contributed by atoms with Gasteiger partial charge in [0.25, 0.3) is 0 Å². The van der Waals surface area contributed by atoms with Gasteiger partial charge >= 0.3 is 6.03 Å². The van der Waals surface area contributed by atoms with Gasteiger partial charge in [-0.3, -0.25) is 9.48 Å². The number of hydrogen-bond donors (Lipinski definition) is 2. The smallest absolute Gasteiger partial charge is 0.317 e. The van der Waals surface area contributed by atoms with Gasteiger partial charge in [0, 0.05) is 37.2 Å². The summed E-state index contributed by atoms with van der Waals surface area (Å²) in [5.74, 6) is -0.140. The van der Waals surface area contributed by atoms with Crippen LogP contribution in [0, 0.1) is 0 Å². The number of amides is 3. The van der Waals surface area contributed by atoms with E-state index in [1.807, 2.05) is 29.2 Å². The Morgan fingerprint density at radius 2 is 2.15 bits per heavy atom. The Bertz CT molecular complexity index is 759. The van der Waals surface area contributed by atoms with Crippen LogP contribution in [-0.2, 0) is 17.9 Å². The lowest BCUT2D eigenvalue weighted by Gasteiger charge is -2.35. The monoisotopic (exact) mass is 369 g/mol. The highest BCUT2D eigenvalue weighted by atomic mass is 16.2. The molecule has 27 heavy (non-hydrogen) atoms. The molecule has 2 N–H and O–H groups in total. The molecule has 0 saturated carbocycles.